The van der Waals surface area contributed by atoms with Crippen molar-refractivity contribution in [2.45, 2.75) is 6.54 Å². The smallest absolute Gasteiger partial charge is 0.231 e. The predicted molar refractivity (Wildman–Crippen MR) is 67.4 cm³/mol. The molecule has 0 fully saturated rings. The van der Waals surface area contributed by atoms with Crippen LogP contribution in [-0.2, 0) is 11.3 Å². The largest absolute Gasteiger partial charge is 0.383 e. The molecule has 2 aromatic heterocycles. The van der Waals surface area contributed by atoms with Crippen molar-refractivity contribution in [2.75, 3.05) is 19.3 Å². The van der Waals surface area contributed by atoms with Gasteiger partial charge in [-0.1, -0.05) is 0 Å². The molecule has 0 aliphatic heterocycles. The number of nitrogens with two attached hydrogens (primary N) is 2. The number of anilines is 1. The van der Waals surface area contributed by atoms with Gasteiger partial charge in [0.2, 0.25) is 5.91 Å². The molecule has 4 N–H and O–H groups in total. The summed E-state index contributed by atoms with van der Waals surface area (Å²) in [4.78, 5) is 21.9. The van der Waals surface area contributed by atoms with Crippen LogP contribution >= 0.6 is 11.3 Å². The van der Waals surface area contributed by atoms with E-state index in [4.69, 9.17) is 11.5 Å². The van der Waals surface area contributed by atoms with Gasteiger partial charge in [0.1, 0.15) is 16.5 Å². The number of likely N-dealkylation sites (N-methyl/N-ethyl adjacent to an activating group) is 1. The lowest BCUT2D eigenvalue weighted by atomic mass is 10.3. The summed E-state index contributed by atoms with van der Waals surface area (Å²) in [7, 11) is 1.78. The number of nitrogens with zero attached hydrogens (tertiary/aromatic N) is 3. The number of primary amides is 1. The molecular formula is C10H13N5OS. The van der Waals surface area contributed by atoms with Gasteiger partial charge in [-0.2, -0.15) is 0 Å². The summed E-state index contributed by atoms with van der Waals surface area (Å²) in [6.45, 7) is 0.618. The average molecular weight is 251 g/mol. The van der Waals surface area contributed by atoms with E-state index in [-0.39, 0.29) is 12.5 Å². The van der Waals surface area contributed by atoms with Crippen molar-refractivity contribution < 1.29 is 4.79 Å². The van der Waals surface area contributed by atoms with Crippen LogP contribution in [0.15, 0.2) is 11.4 Å². The average Bonchev–Trinajstić information content (AvgIpc) is 2.64. The third-order valence-electron chi connectivity index (χ3n) is 2.24. The summed E-state index contributed by atoms with van der Waals surface area (Å²) in [6, 6.07) is 1.90. The van der Waals surface area contributed by atoms with Gasteiger partial charge in [-0.15, -0.1) is 11.3 Å². The fraction of sp³-hybridized carbons (Fsp3) is 0.300. The Morgan fingerprint density at radius 2 is 2.29 bits per heavy atom. The number of carbonyl (C=O) groups excluding carboxylic acids is 1. The van der Waals surface area contributed by atoms with Gasteiger partial charge in [0, 0.05) is 0 Å². The monoisotopic (exact) mass is 251 g/mol. The number of aromatic nitrogens is 2. The molecule has 6 nitrogen and oxygen atoms in total. The van der Waals surface area contributed by atoms with E-state index in [1.165, 1.54) is 11.3 Å². The van der Waals surface area contributed by atoms with Gasteiger partial charge < -0.3 is 11.5 Å². The molecule has 1 amide bonds. The highest BCUT2D eigenvalue weighted by Crippen LogP contribution is 2.22. The van der Waals surface area contributed by atoms with E-state index in [0.717, 1.165) is 10.2 Å². The molecule has 0 aliphatic rings. The summed E-state index contributed by atoms with van der Waals surface area (Å²) in [5.41, 5.74) is 10.9. The maximum Gasteiger partial charge on any atom is 0.231 e. The Morgan fingerprint density at radius 3 is 3.00 bits per heavy atom. The highest BCUT2D eigenvalue weighted by atomic mass is 32.1. The van der Waals surface area contributed by atoms with Crippen LogP contribution < -0.4 is 11.5 Å². The number of rotatable bonds is 4. The van der Waals surface area contributed by atoms with Gasteiger partial charge >= 0.3 is 0 Å². The fourth-order valence-electron chi connectivity index (χ4n) is 1.56. The SMILES string of the molecule is CN(CC(N)=O)Cc1nc(N)c2ccsc2n1. The zero-order chi connectivity index (χ0) is 12.4. The van der Waals surface area contributed by atoms with Crippen LogP contribution in [0.1, 0.15) is 5.82 Å². The van der Waals surface area contributed by atoms with E-state index in [9.17, 15) is 4.79 Å². The van der Waals surface area contributed by atoms with Crippen LogP contribution in [0.4, 0.5) is 5.82 Å². The number of nitrogen functional groups attached to an aromatic ring is 1. The summed E-state index contributed by atoms with van der Waals surface area (Å²) in [5.74, 6) is 0.692. The normalized spacial score (nSPS) is 11.2. The minimum absolute atomic E-state index is 0.172. The highest BCUT2D eigenvalue weighted by molar-refractivity contribution is 7.16. The number of amides is 1. The van der Waals surface area contributed by atoms with Gasteiger partial charge in [-0.05, 0) is 18.5 Å². The highest BCUT2D eigenvalue weighted by Gasteiger charge is 2.09. The first-order valence-electron chi connectivity index (χ1n) is 5.02. The van der Waals surface area contributed by atoms with E-state index in [2.05, 4.69) is 9.97 Å². The second kappa shape index (κ2) is 4.64. The van der Waals surface area contributed by atoms with E-state index in [1.54, 1.807) is 11.9 Å². The molecule has 2 heterocycles. The van der Waals surface area contributed by atoms with Crippen LogP contribution in [0.2, 0.25) is 0 Å². The van der Waals surface area contributed by atoms with Gasteiger partial charge in [0.25, 0.3) is 0 Å². The van der Waals surface area contributed by atoms with E-state index in [1.807, 2.05) is 11.4 Å². The Morgan fingerprint density at radius 1 is 1.53 bits per heavy atom. The maximum absolute atomic E-state index is 10.8. The molecule has 0 bridgehead atoms. The minimum atomic E-state index is -0.377. The molecule has 0 saturated heterocycles. The standard InChI is InChI=1S/C10H13N5OS/c1-15(4-7(11)16)5-8-13-9(12)6-2-3-17-10(6)14-8/h2-3H,4-5H2,1H3,(H2,11,16)(H2,12,13,14). The topological polar surface area (TPSA) is 98.1 Å². The summed E-state index contributed by atoms with van der Waals surface area (Å²) in [5, 5.41) is 2.79. The molecule has 0 atom stereocenters. The number of hydrogen-bond acceptors (Lipinski definition) is 6. The zero-order valence-electron chi connectivity index (χ0n) is 9.38. The lowest BCUT2D eigenvalue weighted by Crippen LogP contribution is -2.30. The molecule has 0 unspecified atom stereocenters. The van der Waals surface area contributed by atoms with E-state index in [0.29, 0.717) is 18.2 Å². The summed E-state index contributed by atoms with van der Waals surface area (Å²) < 4.78 is 0. The van der Waals surface area contributed by atoms with Gasteiger partial charge in [0.15, 0.2) is 0 Å². The zero-order valence-corrected chi connectivity index (χ0v) is 10.2. The molecule has 17 heavy (non-hydrogen) atoms. The van der Waals surface area contributed by atoms with Crippen molar-refractivity contribution in [3.05, 3.63) is 17.3 Å². The number of thiophene rings is 1. The van der Waals surface area contributed by atoms with Crippen molar-refractivity contribution in [1.29, 1.82) is 0 Å². The minimum Gasteiger partial charge on any atom is -0.383 e. The van der Waals surface area contributed by atoms with E-state index < -0.39 is 0 Å². The van der Waals surface area contributed by atoms with Crippen molar-refractivity contribution in [1.82, 2.24) is 14.9 Å². The van der Waals surface area contributed by atoms with Gasteiger partial charge in [-0.25, -0.2) is 9.97 Å². The molecule has 90 valence electrons. The molecule has 0 aromatic carbocycles. The molecule has 0 spiro atoms. The van der Waals surface area contributed by atoms with E-state index >= 15 is 0 Å². The fourth-order valence-corrected chi connectivity index (χ4v) is 2.35. The molecular weight excluding hydrogens is 238 g/mol. The predicted octanol–water partition coefficient (Wildman–Crippen LogP) is 0.191. The van der Waals surface area contributed by atoms with Gasteiger partial charge in [0.05, 0.1) is 18.5 Å². The quantitative estimate of drug-likeness (QED) is 0.808. The molecule has 0 radical (unpaired) electrons. The van der Waals surface area contributed by atoms with Crippen LogP contribution in [-0.4, -0.2) is 34.4 Å². The third kappa shape index (κ3) is 2.69. The second-order valence-corrected chi connectivity index (χ2v) is 4.70. The Bertz CT molecular complexity index is 553. The molecule has 2 aromatic rings. The Labute approximate surface area is 102 Å². The lowest BCUT2D eigenvalue weighted by molar-refractivity contribution is -0.118. The Balaban J connectivity index is 2.21. The lowest BCUT2D eigenvalue weighted by Gasteiger charge is -2.13. The van der Waals surface area contributed by atoms with Crippen LogP contribution in [0.5, 0.6) is 0 Å². The molecule has 0 saturated carbocycles. The van der Waals surface area contributed by atoms with Crippen molar-refractivity contribution in [2.24, 2.45) is 5.73 Å². The van der Waals surface area contributed by atoms with Crippen LogP contribution in [0.3, 0.4) is 0 Å². The Kier molecular flexibility index (Phi) is 3.21. The molecule has 7 heteroatoms. The first-order valence-corrected chi connectivity index (χ1v) is 5.90. The number of fused-ring (bicyclic) bond motifs is 1. The van der Waals surface area contributed by atoms with Crippen molar-refractivity contribution in [3.63, 3.8) is 0 Å². The first kappa shape index (κ1) is 11.7. The first-order chi connectivity index (χ1) is 8.06. The summed E-state index contributed by atoms with van der Waals surface area (Å²) in [6.07, 6.45) is 0. The molecule has 0 aliphatic carbocycles. The Hall–Kier alpha value is -1.73. The second-order valence-electron chi connectivity index (χ2n) is 3.80. The van der Waals surface area contributed by atoms with Gasteiger partial charge in [-0.3, -0.25) is 9.69 Å². The van der Waals surface area contributed by atoms with Crippen LogP contribution in [0, 0.1) is 0 Å². The van der Waals surface area contributed by atoms with Crippen molar-refractivity contribution in [3.8, 4) is 0 Å². The van der Waals surface area contributed by atoms with Crippen LogP contribution in [0.25, 0.3) is 10.2 Å². The maximum atomic E-state index is 10.8. The number of hydrogen-bond donors (Lipinski definition) is 2. The summed E-state index contributed by atoms with van der Waals surface area (Å²) >= 11 is 1.52. The molecule has 2 rings (SSSR count). The number of carbonyl (C=O) groups is 1. The third-order valence-corrected chi connectivity index (χ3v) is 3.04. The van der Waals surface area contributed by atoms with Crippen molar-refractivity contribution >= 4 is 33.3 Å².